The van der Waals surface area contributed by atoms with Gasteiger partial charge in [-0.1, -0.05) is 28.1 Å². The molecule has 4 saturated carbocycles. The average Bonchev–Trinajstić information content (AvgIpc) is 3.08. The summed E-state index contributed by atoms with van der Waals surface area (Å²) in [6, 6.07) is 10.1. The number of ether oxygens (including phenoxy) is 2. The number of cyclic esters (lactones) is 1. The Hall–Kier alpha value is -2.14. The monoisotopic (exact) mass is 465 g/mol. The van der Waals surface area contributed by atoms with E-state index >= 15 is 0 Å². The second-order valence-corrected chi connectivity index (χ2v) is 10.5. The fourth-order valence-electron chi connectivity index (χ4n) is 6.78. The van der Waals surface area contributed by atoms with Crippen molar-refractivity contribution in [2.75, 3.05) is 7.11 Å². The third-order valence-electron chi connectivity index (χ3n) is 7.60. The van der Waals surface area contributed by atoms with E-state index in [1.165, 1.54) is 19.3 Å². The number of hydrogen-bond donors (Lipinski definition) is 0. The van der Waals surface area contributed by atoms with Crippen LogP contribution in [0.2, 0.25) is 0 Å². The van der Waals surface area contributed by atoms with E-state index in [0.29, 0.717) is 11.6 Å². The van der Waals surface area contributed by atoms with E-state index in [-0.39, 0.29) is 11.4 Å². The molecular formula is C25H24BrNO3. The molecule has 4 aliphatic carbocycles. The summed E-state index contributed by atoms with van der Waals surface area (Å²) in [5, 5.41) is 2.10. The van der Waals surface area contributed by atoms with E-state index in [2.05, 4.69) is 22.0 Å². The lowest BCUT2D eigenvalue weighted by molar-refractivity contribution is -0.131. The highest BCUT2D eigenvalue weighted by Crippen LogP contribution is 2.61. The summed E-state index contributed by atoms with van der Waals surface area (Å²) in [5.74, 6) is 3.41. The van der Waals surface area contributed by atoms with Crippen LogP contribution in [0, 0.1) is 23.2 Å². The lowest BCUT2D eigenvalue weighted by Crippen LogP contribution is -2.50. The molecule has 2 aromatic carbocycles. The van der Waals surface area contributed by atoms with Crippen molar-refractivity contribution >= 4 is 44.6 Å². The number of carbonyl (C=O) groups excluding carboxylic acids is 1. The summed E-state index contributed by atoms with van der Waals surface area (Å²) in [5.41, 5.74) is 1.23. The first-order valence-electron chi connectivity index (χ1n) is 10.8. The van der Waals surface area contributed by atoms with Gasteiger partial charge in [-0.05, 0) is 91.3 Å². The standard InChI is InChI=1S/C25H24BrNO3/c1-29-22-5-2-17-9-18(26)3-4-19(17)20(22)10-21-23(28)30-24(27-21)25-11-14-6-15(12-25)8-16(7-14)13-25/h2-5,9-10,14-16H,6-8,11-13H2,1H3/b21-10-. The van der Waals surface area contributed by atoms with Gasteiger partial charge in [-0.2, -0.15) is 0 Å². The van der Waals surface area contributed by atoms with E-state index in [4.69, 9.17) is 14.5 Å². The second-order valence-electron chi connectivity index (χ2n) is 9.58. The summed E-state index contributed by atoms with van der Waals surface area (Å²) in [4.78, 5) is 17.6. The second kappa shape index (κ2) is 6.68. The highest BCUT2D eigenvalue weighted by molar-refractivity contribution is 9.10. The van der Waals surface area contributed by atoms with E-state index in [9.17, 15) is 4.79 Å². The van der Waals surface area contributed by atoms with Crippen LogP contribution in [0.3, 0.4) is 0 Å². The van der Waals surface area contributed by atoms with Crippen molar-refractivity contribution in [3.8, 4) is 5.75 Å². The van der Waals surface area contributed by atoms with Crippen LogP contribution >= 0.6 is 15.9 Å². The Morgan fingerprint density at radius 3 is 2.47 bits per heavy atom. The SMILES string of the molecule is COc1ccc2cc(Br)ccc2c1/C=C1\N=C(C23CC4CC(CC(C4)C2)C3)OC1=O. The van der Waals surface area contributed by atoms with Crippen molar-refractivity contribution in [3.63, 3.8) is 0 Å². The van der Waals surface area contributed by atoms with Gasteiger partial charge in [0.25, 0.3) is 0 Å². The Balaban J connectivity index is 1.43. The normalized spacial score (nSPS) is 33.3. The third kappa shape index (κ3) is 2.85. The third-order valence-corrected chi connectivity index (χ3v) is 8.09. The molecule has 5 aliphatic rings. The molecule has 2 aromatic rings. The van der Waals surface area contributed by atoms with Crippen LogP contribution in [0.1, 0.15) is 44.1 Å². The molecule has 0 unspecified atom stereocenters. The number of benzene rings is 2. The predicted molar refractivity (Wildman–Crippen MR) is 120 cm³/mol. The molecule has 154 valence electrons. The minimum Gasteiger partial charge on any atom is -0.496 e. The Morgan fingerprint density at radius 2 is 1.80 bits per heavy atom. The number of carbonyl (C=O) groups is 1. The highest BCUT2D eigenvalue weighted by atomic mass is 79.9. The molecule has 0 amide bonds. The van der Waals surface area contributed by atoms with Crippen LogP contribution < -0.4 is 4.74 Å². The number of halogens is 1. The molecule has 0 spiro atoms. The maximum Gasteiger partial charge on any atom is 0.363 e. The van der Waals surface area contributed by atoms with Gasteiger partial charge in [-0.25, -0.2) is 9.79 Å². The summed E-state index contributed by atoms with van der Waals surface area (Å²) >= 11 is 3.53. The summed E-state index contributed by atoms with van der Waals surface area (Å²) < 4.78 is 12.4. The topological polar surface area (TPSA) is 47.9 Å². The Labute approximate surface area is 184 Å². The molecule has 4 bridgehead atoms. The van der Waals surface area contributed by atoms with Crippen LogP contribution in [0.25, 0.3) is 16.8 Å². The molecule has 7 rings (SSSR count). The Kier molecular flexibility index (Phi) is 4.14. The predicted octanol–water partition coefficient (Wildman–Crippen LogP) is 6.12. The first-order chi connectivity index (χ1) is 14.5. The van der Waals surface area contributed by atoms with E-state index < -0.39 is 0 Å². The van der Waals surface area contributed by atoms with Gasteiger partial charge in [0.2, 0.25) is 5.90 Å². The van der Waals surface area contributed by atoms with E-state index in [1.54, 1.807) is 7.11 Å². The molecule has 0 saturated heterocycles. The van der Waals surface area contributed by atoms with Gasteiger partial charge < -0.3 is 9.47 Å². The summed E-state index contributed by atoms with van der Waals surface area (Å²) in [7, 11) is 1.65. The number of aliphatic imine (C=N–C) groups is 1. The van der Waals surface area contributed by atoms with Gasteiger partial charge in [0, 0.05) is 15.5 Å². The van der Waals surface area contributed by atoms with Crippen molar-refractivity contribution in [1.29, 1.82) is 0 Å². The largest absolute Gasteiger partial charge is 0.496 e. The lowest BCUT2D eigenvalue weighted by Gasteiger charge is -2.55. The van der Waals surface area contributed by atoms with Crippen LogP contribution in [-0.2, 0) is 9.53 Å². The van der Waals surface area contributed by atoms with E-state index in [0.717, 1.165) is 63.6 Å². The number of rotatable bonds is 3. The van der Waals surface area contributed by atoms with Crippen molar-refractivity contribution < 1.29 is 14.3 Å². The van der Waals surface area contributed by atoms with Crippen LogP contribution in [0.15, 0.2) is 45.5 Å². The van der Waals surface area contributed by atoms with Crippen LogP contribution in [0.4, 0.5) is 0 Å². The maximum absolute atomic E-state index is 12.8. The van der Waals surface area contributed by atoms with Gasteiger partial charge in [0.1, 0.15) is 5.75 Å². The minimum atomic E-state index is -0.336. The molecule has 5 heteroatoms. The van der Waals surface area contributed by atoms with Crippen molar-refractivity contribution in [3.05, 3.63) is 46.1 Å². The van der Waals surface area contributed by atoms with Crippen molar-refractivity contribution in [1.82, 2.24) is 0 Å². The molecule has 0 aromatic heterocycles. The molecule has 0 radical (unpaired) electrons. The van der Waals surface area contributed by atoms with Gasteiger partial charge in [-0.3, -0.25) is 0 Å². The van der Waals surface area contributed by atoms with Crippen molar-refractivity contribution in [2.24, 2.45) is 28.2 Å². The van der Waals surface area contributed by atoms with E-state index in [1.807, 2.05) is 30.3 Å². The smallest absolute Gasteiger partial charge is 0.363 e. The molecule has 4 fully saturated rings. The van der Waals surface area contributed by atoms with Crippen molar-refractivity contribution in [2.45, 2.75) is 38.5 Å². The highest BCUT2D eigenvalue weighted by Gasteiger charge is 2.55. The molecule has 1 aliphatic heterocycles. The average molecular weight is 466 g/mol. The minimum absolute atomic E-state index is 0.0201. The summed E-state index contributed by atoms with van der Waals surface area (Å²) in [6.07, 6.45) is 9.28. The van der Waals surface area contributed by atoms with Crippen LogP contribution in [0.5, 0.6) is 5.75 Å². The molecule has 0 atom stereocenters. The quantitative estimate of drug-likeness (QED) is 0.404. The molecule has 30 heavy (non-hydrogen) atoms. The molecular weight excluding hydrogens is 442 g/mol. The first-order valence-corrected chi connectivity index (χ1v) is 11.6. The zero-order valence-corrected chi connectivity index (χ0v) is 18.6. The van der Waals surface area contributed by atoms with Gasteiger partial charge in [0.15, 0.2) is 5.70 Å². The van der Waals surface area contributed by atoms with Gasteiger partial charge in [0.05, 0.1) is 7.11 Å². The first kappa shape index (κ1) is 18.6. The number of hydrogen-bond acceptors (Lipinski definition) is 4. The fourth-order valence-corrected chi connectivity index (χ4v) is 7.16. The fraction of sp³-hybridized carbons (Fsp3) is 0.440. The molecule has 1 heterocycles. The van der Waals surface area contributed by atoms with Gasteiger partial charge >= 0.3 is 5.97 Å². The van der Waals surface area contributed by atoms with Crippen LogP contribution in [-0.4, -0.2) is 19.0 Å². The maximum atomic E-state index is 12.8. The summed E-state index contributed by atoms with van der Waals surface area (Å²) in [6.45, 7) is 0. The Bertz CT molecular complexity index is 1100. The Morgan fingerprint density at radius 1 is 1.10 bits per heavy atom. The zero-order chi connectivity index (χ0) is 20.5. The number of methoxy groups -OCH3 is 1. The zero-order valence-electron chi connectivity index (χ0n) is 17.0. The number of esters is 1. The molecule has 4 nitrogen and oxygen atoms in total. The number of fused-ring (bicyclic) bond motifs is 1. The number of nitrogens with zero attached hydrogens (tertiary/aromatic N) is 1. The molecule has 0 N–H and O–H groups in total. The lowest BCUT2D eigenvalue weighted by atomic mass is 9.49. The van der Waals surface area contributed by atoms with Gasteiger partial charge in [-0.15, -0.1) is 0 Å².